The molecule has 112 valence electrons. The highest BCUT2D eigenvalue weighted by atomic mass is 79.9. The van der Waals surface area contributed by atoms with E-state index in [2.05, 4.69) is 21.0 Å². The number of aryl methyl sites for hydroxylation is 2. The van der Waals surface area contributed by atoms with E-state index in [4.69, 9.17) is 10.5 Å². The number of rotatable bonds is 5. The number of halogens is 1. The summed E-state index contributed by atoms with van der Waals surface area (Å²) in [6, 6.07) is 5.08. The molecule has 0 saturated carbocycles. The summed E-state index contributed by atoms with van der Waals surface area (Å²) in [4.78, 5) is 11.7. The first-order chi connectivity index (χ1) is 9.93. The van der Waals surface area contributed by atoms with Crippen LogP contribution in [0, 0.1) is 6.92 Å². The van der Waals surface area contributed by atoms with Crippen molar-refractivity contribution < 1.29 is 9.53 Å². The van der Waals surface area contributed by atoms with Crippen LogP contribution in [0.2, 0.25) is 0 Å². The fraction of sp³-hybridized carbons (Fsp3) is 0.333. The maximum Gasteiger partial charge on any atom is 0.163 e. The van der Waals surface area contributed by atoms with E-state index in [1.54, 1.807) is 18.2 Å². The molecule has 0 bridgehead atoms. The standard InChI is InChI=1S/C15H18BrN3O2/c1-4-19-13(15(16)9(2)18-19)8-21-14-6-5-11(17)7-12(14)10(3)20/h5-7H,4,8,17H2,1-3H3. The molecule has 0 saturated heterocycles. The van der Waals surface area contributed by atoms with E-state index in [1.807, 2.05) is 18.5 Å². The summed E-state index contributed by atoms with van der Waals surface area (Å²) >= 11 is 3.52. The molecule has 0 aliphatic heterocycles. The minimum atomic E-state index is -0.0726. The van der Waals surface area contributed by atoms with E-state index in [1.165, 1.54) is 6.92 Å². The Morgan fingerprint density at radius 3 is 2.81 bits per heavy atom. The number of carbonyl (C=O) groups is 1. The molecule has 6 heteroatoms. The normalized spacial score (nSPS) is 10.7. The van der Waals surface area contributed by atoms with Gasteiger partial charge >= 0.3 is 0 Å². The van der Waals surface area contributed by atoms with Crippen LogP contribution in [0.5, 0.6) is 5.75 Å². The molecule has 21 heavy (non-hydrogen) atoms. The zero-order valence-corrected chi connectivity index (χ0v) is 13.9. The monoisotopic (exact) mass is 351 g/mol. The van der Waals surface area contributed by atoms with Crippen molar-refractivity contribution >= 4 is 27.4 Å². The summed E-state index contributed by atoms with van der Waals surface area (Å²) in [5.74, 6) is 0.460. The van der Waals surface area contributed by atoms with Gasteiger partial charge in [0.05, 0.1) is 21.4 Å². The molecule has 1 heterocycles. The average molecular weight is 352 g/mol. The summed E-state index contributed by atoms with van der Waals surface area (Å²) < 4.78 is 8.62. The minimum Gasteiger partial charge on any atom is -0.487 e. The zero-order valence-electron chi connectivity index (χ0n) is 12.3. The minimum absolute atomic E-state index is 0.0726. The summed E-state index contributed by atoms with van der Waals surface area (Å²) in [5, 5.41) is 4.42. The van der Waals surface area contributed by atoms with Gasteiger partial charge in [0.15, 0.2) is 5.78 Å². The van der Waals surface area contributed by atoms with E-state index in [-0.39, 0.29) is 5.78 Å². The highest BCUT2D eigenvalue weighted by molar-refractivity contribution is 9.10. The summed E-state index contributed by atoms with van der Waals surface area (Å²) in [5.41, 5.74) is 8.61. The van der Waals surface area contributed by atoms with Crippen LogP contribution in [0.25, 0.3) is 0 Å². The van der Waals surface area contributed by atoms with Gasteiger partial charge in [-0.05, 0) is 54.9 Å². The highest BCUT2D eigenvalue weighted by Crippen LogP contribution is 2.26. The molecule has 5 nitrogen and oxygen atoms in total. The molecule has 0 unspecified atom stereocenters. The van der Waals surface area contributed by atoms with Crippen LogP contribution in [0.1, 0.15) is 35.6 Å². The number of Topliss-reactive ketones (excluding diaryl/α,β-unsaturated/α-hetero) is 1. The first kappa shape index (κ1) is 15.6. The number of anilines is 1. The molecule has 0 aliphatic rings. The number of ether oxygens (including phenoxy) is 1. The molecule has 0 atom stereocenters. The molecule has 0 radical (unpaired) electrons. The van der Waals surface area contributed by atoms with Crippen LogP contribution in [0.4, 0.5) is 5.69 Å². The van der Waals surface area contributed by atoms with Crippen molar-refractivity contribution in [3.8, 4) is 5.75 Å². The van der Waals surface area contributed by atoms with Gasteiger partial charge in [0.1, 0.15) is 12.4 Å². The van der Waals surface area contributed by atoms with Crippen molar-refractivity contribution in [3.63, 3.8) is 0 Å². The van der Waals surface area contributed by atoms with Crippen molar-refractivity contribution in [2.75, 3.05) is 5.73 Å². The van der Waals surface area contributed by atoms with Gasteiger partial charge in [-0.15, -0.1) is 0 Å². The van der Waals surface area contributed by atoms with Crippen molar-refractivity contribution in [3.05, 3.63) is 39.6 Å². The lowest BCUT2D eigenvalue weighted by atomic mass is 10.1. The molecule has 1 aromatic carbocycles. The van der Waals surface area contributed by atoms with Gasteiger partial charge in [-0.3, -0.25) is 9.48 Å². The van der Waals surface area contributed by atoms with E-state index >= 15 is 0 Å². The third kappa shape index (κ3) is 3.26. The number of ketones is 1. The third-order valence-corrected chi connectivity index (χ3v) is 4.23. The third-order valence-electron chi connectivity index (χ3n) is 3.20. The Balaban J connectivity index is 2.27. The molecule has 0 aliphatic carbocycles. The van der Waals surface area contributed by atoms with Crippen LogP contribution in [0.3, 0.4) is 0 Å². The number of nitrogens with two attached hydrogens (primary N) is 1. The van der Waals surface area contributed by atoms with Gasteiger partial charge in [-0.25, -0.2) is 0 Å². The number of carbonyl (C=O) groups excluding carboxylic acids is 1. The second kappa shape index (κ2) is 6.30. The summed E-state index contributed by atoms with van der Waals surface area (Å²) in [6.45, 7) is 6.54. The van der Waals surface area contributed by atoms with Gasteiger partial charge in [-0.2, -0.15) is 5.10 Å². The number of hydrogen-bond acceptors (Lipinski definition) is 4. The Labute approximate surface area is 132 Å². The molecule has 0 fully saturated rings. The number of nitrogen functional groups attached to an aromatic ring is 1. The Morgan fingerprint density at radius 1 is 1.48 bits per heavy atom. The number of benzene rings is 1. The second-order valence-corrected chi connectivity index (χ2v) is 5.56. The quantitative estimate of drug-likeness (QED) is 0.662. The maximum atomic E-state index is 11.7. The van der Waals surface area contributed by atoms with Crippen molar-refractivity contribution in [1.82, 2.24) is 9.78 Å². The molecule has 2 aromatic rings. The largest absolute Gasteiger partial charge is 0.487 e. The van der Waals surface area contributed by atoms with E-state index in [0.29, 0.717) is 23.6 Å². The number of nitrogens with zero attached hydrogens (tertiary/aromatic N) is 2. The van der Waals surface area contributed by atoms with E-state index in [0.717, 1.165) is 22.4 Å². The van der Waals surface area contributed by atoms with E-state index in [9.17, 15) is 4.79 Å². The molecule has 1 aromatic heterocycles. The number of aromatic nitrogens is 2. The van der Waals surface area contributed by atoms with Gasteiger partial charge in [0.2, 0.25) is 0 Å². The van der Waals surface area contributed by atoms with Crippen LogP contribution >= 0.6 is 15.9 Å². The maximum absolute atomic E-state index is 11.7. The molecule has 2 N–H and O–H groups in total. The first-order valence-electron chi connectivity index (χ1n) is 6.69. The van der Waals surface area contributed by atoms with Gasteiger partial charge < -0.3 is 10.5 Å². The molecular weight excluding hydrogens is 334 g/mol. The Morgan fingerprint density at radius 2 is 2.19 bits per heavy atom. The second-order valence-electron chi connectivity index (χ2n) is 4.76. The Bertz CT molecular complexity index is 680. The van der Waals surface area contributed by atoms with Gasteiger partial charge in [0.25, 0.3) is 0 Å². The van der Waals surface area contributed by atoms with Crippen molar-refractivity contribution in [1.29, 1.82) is 0 Å². The highest BCUT2D eigenvalue weighted by Gasteiger charge is 2.15. The van der Waals surface area contributed by atoms with Crippen molar-refractivity contribution in [2.24, 2.45) is 0 Å². The van der Waals surface area contributed by atoms with Crippen LogP contribution < -0.4 is 10.5 Å². The summed E-state index contributed by atoms with van der Waals surface area (Å²) in [6.07, 6.45) is 0. The smallest absolute Gasteiger partial charge is 0.163 e. The molecule has 2 rings (SSSR count). The van der Waals surface area contributed by atoms with Crippen molar-refractivity contribution in [2.45, 2.75) is 33.9 Å². The lowest BCUT2D eigenvalue weighted by molar-refractivity contribution is 0.101. The fourth-order valence-electron chi connectivity index (χ4n) is 2.10. The van der Waals surface area contributed by atoms with Gasteiger partial charge in [-0.1, -0.05) is 0 Å². The average Bonchev–Trinajstić information content (AvgIpc) is 2.72. The number of hydrogen-bond donors (Lipinski definition) is 1. The SMILES string of the molecule is CCn1nc(C)c(Br)c1COc1ccc(N)cc1C(C)=O. The van der Waals surface area contributed by atoms with Crippen LogP contribution in [-0.2, 0) is 13.2 Å². The molecule has 0 amide bonds. The van der Waals surface area contributed by atoms with Crippen LogP contribution in [-0.4, -0.2) is 15.6 Å². The predicted octanol–water partition coefficient (Wildman–Crippen LogP) is 3.34. The first-order valence-corrected chi connectivity index (χ1v) is 7.48. The van der Waals surface area contributed by atoms with Crippen LogP contribution in [0.15, 0.2) is 22.7 Å². The van der Waals surface area contributed by atoms with Gasteiger partial charge in [0, 0.05) is 12.2 Å². The lowest BCUT2D eigenvalue weighted by Crippen LogP contribution is -2.08. The molecule has 0 spiro atoms. The Hall–Kier alpha value is -1.82. The topological polar surface area (TPSA) is 70.1 Å². The fourth-order valence-corrected chi connectivity index (χ4v) is 2.50. The predicted molar refractivity (Wildman–Crippen MR) is 85.5 cm³/mol. The lowest BCUT2D eigenvalue weighted by Gasteiger charge is -2.11. The van der Waals surface area contributed by atoms with E-state index < -0.39 is 0 Å². The molecular formula is C15H18BrN3O2. The zero-order chi connectivity index (χ0) is 15.6. The Kier molecular flexibility index (Phi) is 4.67. The summed E-state index contributed by atoms with van der Waals surface area (Å²) in [7, 11) is 0.